The van der Waals surface area contributed by atoms with Crippen molar-refractivity contribution in [3.05, 3.63) is 83.7 Å². The van der Waals surface area contributed by atoms with Gasteiger partial charge >= 0.3 is 0 Å². The summed E-state index contributed by atoms with van der Waals surface area (Å²) in [6.45, 7) is 3.78. The van der Waals surface area contributed by atoms with Crippen LogP contribution in [0.5, 0.6) is 0 Å². The van der Waals surface area contributed by atoms with Crippen LogP contribution in [0.15, 0.2) is 71.6 Å². The number of hydrogen-bond donors (Lipinski definition) is 2. The Bertz CT molecular complexity index is 851. The lowest BCUT2D eigenvalue weighted by molar-refractivity contribution is -0.120. The van der Waals surface area contributed by atoms with Crippen LogP contribution in [0.4, 0.5) is 5.95 Å². The third-order valence-corrected chi connectivity index (χ3v) is 4.88. The summed E-state index contributed by atoms with van der Waals surface area (Å²) in [6.07, 6.45) is 0. The molecular formula is C20H20N4OS. The second-order valence-electron chi connectivity index (χ2n) is 5.81. The lowest BCUT2D eigenvalue weighted by Gasteiger charge is -2.17. The Balaban J connectivity index is 1.76. The molecule has 3 aromatic rings. The van der Waals surface area contributed by atoms with Crippen LogP contribution in [0.3, 0.4) is 0 Å². The van der Waals surface area contributed by atoms with Crippen LogP contribution in [0, 0.1) is 13.8 Å². The summed E-state index contributed by atoms with van der Waals surface area (Å²) in [7, 11) is 0. The van der Waals surface area contributed by atoms with Gasteiger partial charge in [0.15, 0.2) is 0 Å². The van der Waals surface area contributed by atoms with E-state index in [1.807, 2.05) is 80.6 Å². The van der Waals surface area contributed by atoms with Gasteiger partial charge in [-0.25, -0.2) is 9.97 Å². The van der Waals surface area contributed by atoms with Crippen LogP contribution in [-0.4, -0.2) is 15.9 Å². The molecular weight excluding hydrogens is 344 g/mol. The monoisotopic (exact) mass is 364 g/mol. The van der Waals surface area contributed by atoms with Crippen LogP contribution in [0.1, 0.15) is 22.2 Å². The molecule has 0 bridgehead atoms. The number of carbonyl (C=O) groups is 1. The summed E-state index contributed by atoms with van der Waals surface area (Å²) in [5, 5.41) is -0.392. The predicted octanol–water partition coefficient (Wildman–Crippen LogP) is 4.07. The fourth-order valence-electron chi connectivity index (χ4n) is 2.50. The highest BCUT2D eigenvalue weighted by molar-refractivity contribution is 8.00. The minimum atomic E-state index is -0.392. The van der Waals surface area contributed by atoms with Gasteiger partial charge in [0.2, 0.25) is 5.95 Å². The van der Waals surface area contributed by atoms with Gasteiger partial charge in [0, 0.05) is 16.3 Å². The molecule has 0 aliphatic rings. The Hall–Kier alpha value is -2.86. The summed E-state index contributed by atoms with van der Waals surface area (Å²) in [6, 6.07) is 21.5. The van der Waals surface area contributed by atoms with Crippen molar-refractivity contribution in [3.8, 4) is 0 Å². The Morgan fingerprint density at radius 1 is 0.923 bits per heavy atom. The molecule has 3 rings (SSSR count). The van der Waals surface area contributed by atoms with Gasteiger partial charge in [0.05, 0.1) is 0 Å². The Kier molecular flexibility index (Phi) is 5.86. The summed E-state index contributed by atoms with van der Waals surface area (Å²) in [5.41, 5.74) is 8.18. The first-order valence-corrected chi connectivity index (χ1v) is 9.14. The smallest absolute Gasteiger partial charge is 0.256 e. The van der Waals surface area contributed by atoms with Gasteiger partial charge in [-0.15, -0.1) is 11.8 Å². The summed E-state index contributed by atoms with van der Waals surface area (Å²) in [5.74, 6) is 0.222. The molecule has 26 heavy (non-hydrogen) atoms. The normalized spacial score (nSPS) is 11.6. The maximum absolute atomic E-state index is 12.8. The van der Waals surface area contributed by atoms with Crippen LogP contribution < -0.4 is 10.9 Å². The van der Waals surface area contributed by atoms with E-state index in [1.165, 1.54) is 11.8 Å². The molecule has 0 fully saturated rings. The number of aryl methyl sites for hydroxylation is 2. The van der Waals surface area contributed by atoms with E-state index >= 15 is 0 Å². The largest absolute Gasteiger partial charge is 0.272 e. The quantitative estimate of drug-likeness (QED) is 0.510. The van der Waals surface area contributed by atoms with Crippen LogP contribution in [-0.2, 0) is 4.79 Å². The second kappa shape index (κ2) is 8.49. The zero-order valence-electron chi connectivity index (χ0n) is 14.6. The molecule has 2 N–H and O–H groups in total. The number of thioether (sulfide) groups is 1. The molecule has 2 aromatic carbocycles. The van der Waals surface area contributed by atoms with E-state index in [2.05, 4.69) is 20.8 Å². The molecule has 1 amide bonds. The minimum Gasteiger partial charge on any atom is -0.272 e. The molecule has 1 atom stereocenters. The number of carbonyl (C=O) groups excluding carboxylic acids is 1. The van der Waals surface area contributed by atoms with Crippen molar-refractivity contribution < 1.29 is 4.79 Å². The molecule has 0 saturated carbocycles. The van der Waals surface area contributed by atoms with E-state index in [-0.39, 0.29) is 5.91 Å². The van der Waals surface area contributed by atoms with Crippen LogP contribution in [0.2, 0.25) is 0 Å². The summed E-state index contributed by atoms with van der Waals surface area (Å²) in [4.78, 5) is 22.4. The average Bonchev–Trinajstić information content (AvgIpc) is 2.65. The zero-order valence-corrected chi connectivity index (χ0v) is 15.5. The fraction of sp³-hybridized carbons (Fsp3) is 0.150. The number of nitrogens with zero attached hydrogens (tertiary/aromatic N) is 2. The van der Waals surface area contributed by atoms with Crippen molar-refractivity contribution in [2.45, 2.75) is 24.0 Å². The molecule has 5 nitrogen and oxygen atoms in total. The van der Waals surface area contributed by atoms with E-state index in [9.17, 15) is 4.79 Å². The van der Waals surface area contributed by atoms with E-state index < -0.39 is 5.25 Å². The highest BCUT2D eigenvalue weighted by Gasteiger charge is 2.22. The first-order valence-electron chi connectivity index (χ1n) is 8.26. The number of hydrogen-bond acceptors (Lipinski definition) is 5. The van der Waals surface area contributed by atoms with Gasteiger partial charge in [0.25, 0.3) is 5.91 Å². The van der Waals surface area contributed by atoms with Crippen molar-refractivity contribution in [2.75, 3.05) is 5.43 Å². The highest BCUT2D eigenvalue weighted by atomic mass is 32.2. The molecule has 6 heteroatoms. The molecule has 1 heterocycles. The molecule has 0 spiro atoms. The first-order chi connectivity index (χ1) is 12.6. The third-order valence-electron chi connectivity index (χ3n) is 3.62. The average molecular weight is 364 g/mol. The van der Waals surface area contributed by atoms with Gasteiger partial charge in [-0.2, -0.15) is 0 Å². The molecule has 1 aromatic heterocycles. The number of aromatic nitrogens is 2. The maximum Gasteiger partial charge on any atom is 0.256 e. The number of nitrogens with one attached hydrogen (secondary N) is 2. The lowest BCUT2D eigenvalue weighted by Crippen LogP contribution is -2.33. The van der Waals surface area contributed by atoms with E-state index in [0.717, 1.165) is 21.8 Å². The Morgan fingerprint density at radius 3 is 2.12 bits per heavy atom. The van der Waals surface area contributed by atoms with Crippen molar-refractivity contribution in [1.29, 1.82) is 0 Å². The SMILES string of the molecule is Cc1cc(C)nc(NNC(=O)[C@H](Sc2ccccc2)c2ccccc2)n1. The molecule has 0 aliphatic carbocycles. The van der Waals surface area contributed by atoms with Gasteiger partial charge in [-0.05, 0) is 37.6 Å². The number of rotatable bonds is 6. The first kappa shape index (κ1) is 17.9. The number of hydrazine groups is 1. The lowest BCUT2D eigenvalue weighted by atomic mass is 10.1. The van der Waals surface area contributed by atoms with Gasteiger partial charge in [0.1, 0.15) is 5.25 Å². The number of anilines is 1. The van der Waals surface area contributed by atoms with Gasteiger partial charge in [-0.1, -0.05) is 48.5 Å². The predicted molar refractivity (Wildman–Crippen MR) is 105 cm³/mol. The Morgan fingerprint density at radius 2 is 1.50 bits per heavy atom. The molecule has 0 saturated heterocycles. The second-order valence-corrected chi connectivity index (χ2v) is 6.99. The standard InChI is InChI=1S/C20H20N4OS/c1-14-13-15(2)22-20(21-14)24-23-19(25)18(16-9-5-3-6-10-16)26-17-11-7-4-8-12-17/h3-13,18H,1-2H3,(H,23,25)(H,21,22,24)/t18-/m1/s1. The number of amides is 1. The van der Waals surface area contributed by atoms with E-state index in [1.54, 1.807) is 0 Å². The van der Waals surface area contributed by atoms with Gasteiger partial charge in [-0.3, -0.25) is 15.6 Å². The van der Waals surface area contributed by atoms with Crippen molar-refractivity contribution in [2.24, 2.45) is 0 Å². The number of benzene rings is 2. The fourth-order valence-corrected chi connectivity index (χ4v) is 3.55. The van der Waals surface area contributed by atoms with Crippen molar-refractivity contribution in [1.82, 2.24) is 15.4 Å². The topological polar surface area (TPSA) is 66.9 Å². The van der Waals surface area contributed by atoms with Crippen LogP contribution >= 0.6 is 11.8 Å². The summed E-state index contributed by atoms with van der Waals surface area (Å²) < 4.78 is 0. The zero-order chi connectivity index (χ0) is 18.4. The Labute approximate surface area is 157 Å². The summed E-state index contributed by atoms with van der Waals surface area (Å²) >= 11 is 1.50. The minimum absolute atomic E-state index is 0.159. The van der Waals surface area contributed by atoms with Gasteiger partial charge < -0.3 is 0 Å². The molecule has 0 radical (unpaired) electrons. The van der Waals surface area contributed by atoms with Crippen molar-refractivity contribution >= 4 is 23.6 Å². The molecule has 132 valence electrons. The third kappa shape index (κ3) is 4.83. The highest BCUT2D eigenvalue weighted by Crippen LogP contribution is 2.35. The van der Waals surface area contributed by atoms with Crippen LogP contribution in [0.25, 0.3) is 0 Å². The molecule has 0 aliphatic heterocycles. The molecule has 0 unspecified atom stereocenters. The van der Waals surface area contributed by atoms with Crippen molar-refractivity contribution in [3.63, 3.8) is 0 Å². The van der Waals surface area contributed by atoms with E-state index in [0.29, 0.717) is 5.95 Å². The maximum atomic E-state index is 12.8. The van der Waals surface area contributed by atoms with E-state index in [4.69, 9.17) is 0 Å².